The fourth-order valence-corrected chi connectivity index (χ4v) is 1.23. The van der Waals surface area contributed by atoms with Crippen molar-refractivity contribution in [3.8, 4) is 0 Å². The van der Waals surface area contributed by atoms with Crippen LogP contribution in [-0.2, 0) is 5.88 Å². The van der Waals surface area contributed by atoms with Gasteiger partial charge in [-0.15, -0.1) is 24.0 Å². The number of nitrogens with one attached hydrogen (secondary N) is 1. The number of aromatic nitrogens is 2. The number of rotatable bonds is 1. The summed E-state index contributed by atoms with van der Waals surface area (Å²) < 4.78 is 0. The van der Waals surface area contributed by atoms with Crippen molar-refractivity contribution in [3.05, 3.63) is 30.0 Å². The number of halogens is 2. The number of aromatic amines is 1. The van der Waals surface area contributed by atoms with Crippen molar-refractivity contribution < 1.29 is 0 Å². The first-order chi connectivity index (χ1) is 5.40. The van der Waals surface area contributed by atoms with Crippen LogP contribution in [-0.4, -0.2) is 10.2 Å². The highest BCUT2D eigenvalue weighted by molar-refractivity contribution is 6.17. The topological polar surface area (TPSA) is 28.7 Å². The Balaban J connectivity index is 0.000000720. The lowest BCUT2D eigenvalue weighted by atomic mass is 10.2. The average Bonchev–Trinajstić information content (AvgIpc) is 2.50. The molecule has 0 radical (unpaired) electrons. The van der Waals surface area contributed by atoms with Gasteiger partial charge in [0.15, 0.2) is 0 Å². The number of hydrogen-bond donors (Lipinski definition) is 1. The van der Waals surface area contributed by atoms with Gasteiger partial charge in [-0.25, -0.2) is 0 Å². The molecule has 64 valence electrons. The third kappa shape index (κ3) is 1.54. The van der Waals surface area contributed by atoms with Gasteiger partial charge in [-0.05, 0) is 11.6 Å². The molecule has 0 fully saturated rings. The second-order valence-corrected chi connectivity index (χ2v) is 2.69. The molecule has 0 aliphatic heterocycles. The fraction of sp³-hybridized carbons (Fsp3) is 0.125. The Morgan fingerprint density at radius 1 is 1.42 bits per heavy atom. The largest absolute Gasteiger partial charge is 0.278 e. The van der Waals surface area contributed by atoms with Crippen LogP contribution >= 0.6 is 24.0 Å². The first kappa shape index (κ1) is 9.36. The van der Waals surface area contributed by atoms with Crippen LogP contribution in [0.15, 0.2) is 24.4 Å². The van der Waals surface area contributed by atoms with E-state index in [1.54, 1.807) is 6.20 Å². The Hall–Kier alpha value is -0.730. The summed E-state index contributed by atoms with van der Waals surface area (Å²) in [5.74, 6) is 0.551. The highest BCUT2D eigenvalue weighted by Gasteiger charge is 1.95. The van der Waals surface area contributed by atoms with Crippen LogP contribution in [0.25, 0.3) is 10.9 Å². The van der Waals surface area contributed by atoms with Crippen LogP contribution in [0.2, 0.25) is 0 Å². The van der Waals surface area contributed by atoms with Gasteiger partial charge in [-0.2, -0.15) is 5.10 Å². The molecule has 1 N–H and O–H groups in total. The summed E-state index contributed by atoms with van der Waals surface area (Å²) in [7, 11) is 0. The molecule has 0 aliphatic carbocycles. The predicted molar refractivity (Wildman–Crippen MR) is 52.9 cm³/mol. The van der Waals surface area contributed by atoms with E-state index in [0.29, 0.717) is 5.88 Å². The minimum atomic E-state index is 0. The van der Waals surface area contributed by atoms with Crippen LogP contribution in [0, 0.1) is 0 Å². The van der Waals surface area contributed by atoms with Crippen LogP contribution in [0.4, 0.5) is 0 Å². The molecule has 0 amide bonds. The molecule has 0 unspecified atom stereocenters. The SMILES string of the molecule is Cl.ClCc1ccc2cn[nH]c2c1. The van der Waals surface area contributed by atoms with E-state index in [2.05, 4.69) is 10.2 Å². The van der Waals surface area contributed by atoms with Gasteiger partial charge in [0.2, 0.25) is 0 Å². The summed E-state index contributed by atoms with van der Waals surface area (Å²) in [6, 6.07) is 6.02. The maximum absolute atomic E-state index is 5.66. The van der Waals surface area contributed by atoms with Crippen molar-refractivity contribution >= 4 is 34.9 Å². The molecule has 1 aromatic carbocycles. The Morgan fingerprint density at radius 2 is 2.25 bits per heavy atom. The predicted octanol–water partition coefficient (Wildman–Crippen LogP) is 2.72. The van der Waals surface area contributed by atoms with E-state index in [9.17, 15) is 0 Å². The lowest BCUT2D eigenvalue weighted by Gasteiger charge is -1.92. The van der Waals surface area contributed by atoms with Gasteiger partial charge in [-0.3, -0.25) is 5.10 Å². The summed E-state index contributed by atoms with van der Waals surface area (Å²) in [4.78, 5) is 0. The van der Waals surface area contributed by atoms with E-state index >= 15 is 0 Å². The standard InChI is InChI=1S/C8H7ClN2.ClH/c9-4-6-1-2-7-5-10-11-8(7)3-6;/h1-3,5H,4H2,(H,10,11);1H. The summed E-state index contributed by atoms with van der Waals surface area (Å²) in [5, 5.41) is 7.92. The van der Waals surface area contributed by atoms with Crippen LogP contribution in [0.1, 0.15) is 5.56 Å². The number of H-pyrrole nitrogens is 1. The van der Waals surface area contributed by atoms with Gasteiger partial charge in [0, 0.05) is 11.3 Å². The van der Waals surface area contributed by atoms with E-state index in [-0.39, 0.29) is 12.4 Å². The Kier molecular flexibility index (Phi) is 2.95. The highest BCUT2D eigenvalue weighted by atomic mass is 35.5. The van der Waals surface area contributed by atoms with Crippen molar-refractivity contribution in [2.75, 3.05) is 0 Å². The maximum Gasteiger partial charge on any atom is 0.0653 e. The molecule has 0 atom stereocenters. The quantitative estimate of drug-likeness (QED) is 0.709. The molecule has 1 aromatic heterocycles. The maximum atomic E-state index is 5.66. The van der Waals surface area contributed by atoms with Crippen molar-refractivity contribution in [2.45, 2.75) is 5.88 Å². The molecule has 1 heterocycles. The third-order valence-electron chi connectivity index (χ3n) is 1.66. The molecular formula is C8H8Cl2N2. The molecule has 2 rings (SSSR count). The molecule has 0 saturated carbocycles. The second kappa shape index (κ2) is 3.78. The van der Waals surface area contributed by atoms with E-state index in [1.165, 1.54) is 0 Å². The van der Waals surface area contributed by atoms with Crippen LogP contribution < -0.4 is 0 Å². The smallest absolute Gasteiger partial charge is 0.0653 e. The normalized spacial score (nSPS) is 9.75. The van der Waals surface area contributed by atoms with Gasteiger partial charge in [0.1, 0.15) is 0 Å². The molecule has 0 saturated heterocycles. The first-order valence-corrected chi connectivity index (χ1v) is 3.91. The van der Waals surface area contributed by atoms with Gasteiger partial charge in [0.05, 0.1) is 11.7 Å². The third-order valence-corrected chi connectivity index (χ3v) is 1.97. The molecule has 0 aliphatic rings. The number of nitrogens with zero attached hydrogens (tertiary/aromatic N) is 1. The van der Waals surface area contributed by atoms with E-state index in [0.717, 1.165) is 16.5 Å². The zero-order valence-electron chi connectivity index (χ0n) is 6.25. The highest BCUT2D eigenvalue weighted by Crippen LogP contribution is 2.13. The summed E-state index contributed by atoms with van der Waals surface area (Å²) in [5.41, 5.74) is 2.16. The Morgan fingerprint density at radius 3 is 3.00 bits per heavy atom. The van der Waals surface area contributed by atoms with Crippen molar-refractivity contribution in [1.82, 2.24) is 10.2 Å². The molecule has 0 spiro atoms. The van der Waals surface area contributed by atoms with Crippen LogP contribution in [0.5, 0.6) is 0 Å². The zero-order valence-corrected chi connectivity index (χ0v) is 7.82. The zero-order chi connectivity index (χ0) is 7.68. The fourth-order valence-electron chi connectivity index (χ4n) is 1.07. The number of benzene rings is 1. The molecule has 2 nitrogen and oxygen atoms in total. The van der Waals surface area contributed by atoms with E-state index in [4.69, 9.17) is 11.6 Å². The van der Waals surface area contributed by atoms with Crippen molar-refractivity contribution in [3.63, 3.8) is 0 Å². The minimum Gasteiger partial charge on any atom is -0.278 e. The minimum absolute atomic E-state index is 0. The molecule has 4 heteroatoms. The average molecular weight is 203 g/mol. The number of alkyl halides is 1. The molecule has 0 bridgehead atoms. The summed E-state index contributed by atoms with van der Waals surface area (Å²) in [6.07, 6.45) is 1.80. The van der Waals surface area contributed by atoms with Crippen molar-refractivity contribution in [1.29, 1.82) is 0 Å². The first-order valence-electron chi connectivity index (χ1n) is 3.38. The van der Waals surface area contributed by atoms with Gasteiger partial charge in [-0.1, -0.05) is 12.1 Å². The molecular weight excluding hydrogens is 195 g/mol. The lowest BCUT2D eigenvalue weighted by Crippen LogP contribution is -1.76. The number of hydrogen-bond acceptors (Lipinski definition) is 1. The molecule has 2 aromatic rings. The molecule has 12 heavy (non-hydrogen) atoms. The van der Waals surface area contributed by atoms with Gasteiger partial charge < -0.3 is 0 Å². The second-order valence-electron chi connectivity index (χ2n) is 2.43. The summed E-state index contributed by atoms with van der Waals surface area (Å²) in [6.45, 7) is 0. The van der Waals surface area contributed by atoms with Crippen LogP contribution in [0.3, 0.4) is 0 Å². The monoisotopic (exact) mass is 202 g/mol. The van der Waals surface area contributed by atoms with E-state index in [1.807, 2.05) is 18.2 Å². The lowest BCUT2D eigenvalue weighted by molar-refractivity contribution is 1.12. The van der Waals surface area contributed by atoms with Crippen molar-refractivity contribution in [2.24, 2.45) is 0 Å². The van der Waals surface area contributed by atoms with E-state index < -0.39 is 0 Å². The summed E-state index contributed by atoms with van der Waals surface area (Å²) >= 11 is 5.66. The Labute approximate surface area is 81.3 Å². The number of fused-ring (bicyclic) bond motifs is 1. The van der Waals surface area contributed by atoms with Gasteiger partial charge in [0.25, 0.3) is 0 Å². The van der Waals surface area contributed by atoms with Gasteiger partial charge >= 0.3 is 0 Å². The Bertz CT molecular complexity index is 370.